The lowest BCUT2D eigenvalue weighted by molar-refractivity contribution is -0.119. The van der Waals surface area contributed by atoms with Gasteiger partial charge in [0, 0.05) is 31.6 Å². The molecule has 2 heterocycles. The number of carbonyl (C=O) groups is 1. The maximum Gasteiger partial charge on any atom is 0.231 e. The highest BCUT2D eigenvalue weighted by Gasteiger charge is 2.20. The number of primary amides is 1. The van der Waals surface area contributed by atoms with Gasteiger partial charge in [0.25, 0.3) is 0 Å². The first-order valence-corrected chi connectivity index (χ1v) is 7.66. The van der Waals surface area contributed by atoms with E-state index in [0.717, 1.165) is 48.6 Å². The summed E-state index contributed by atoms with van der Waals surface area (Å²) in [7, 11) is 0. The third-order valence-corrected chi connectivity index (χ3v) is 3.78. The summed E-state index contributed by atoms with van der Waals surface area (Å²) < 4.78 is 0.804. The number of piperidine rings is 1. The highest BCUT2D eigenvalue weighted by Crippen LogP contribution is 2.18. The molecule has 0 atom stereocenters. The van der Waals surface area contributed by atoms with E-state index in [0.29, 0.717) is 12.6 Å². The monoisotopic (exact) mass is 341 g/mol. The van der Waals surface area contributed by atoms with E-state index in [1.54, 1.807) is 0 Å². The molecule has 0 unspecified atom stereocenters. The number of carbonyl (C=O) groups excluding carboxylic acids is 1. The molecular weight excluding hydrogens is 322 g/mol. The van der Waals surface area contributed by atoms with E-state index in [1.807, 2.05) is 13.0 Å². The number of likely N-dealkylation sites (tertiary alicyclic amines) is 1. The number of rotatable bonds is 5. The van der Waals surface area contributed by atoms with Crippen LogP contribution in [0.3, 0.4) is 0 Å². The molecule has 0 saturated carbocycles. The van der Waals surface area contributed by atoms with Gasteiger partial charge in [-0.1, -0.05) is 6.92 Å². The van der Waals surface area contributed by atoms with Gasteiger partial charge in [-0.25, -0.2) is 9.97 Å². The van der Waals surface area contributed by atoms with Crippen LogP contribution in [0.2, 0.25) is 0 Å². The predicted molar refractivity (Wildman–Crippen MR) is 81.4 cm³/mol. The fourth-order valence-corrected chi connectivity index (χ4v) is 2.78. The standard InChI is InChI=1S/C13H20BrN5O/c1-2-12-17-10(14)7-13(18-12)16-9-3-5-19(6-4-9)8-11(15)20/h7,9H,2-6,8H2,1H3,(H2,15,20)(H,16,17,18). The Hall–Kier alpha value is -1.21. The van der Waals surface area contributed by atoms with Gasteiger partial charge in [0.1, 0.15) is 16.2 Å². The zero-order valence-electron chi connectivity index (χ0n) is 11.6. The van der Waals surface area contributed by atoms with Gasteiger partial charge in [-0.2, -0.15) is 0 Å². The molecule has 0 spiro atoms. The van der Waals surface area contributed by atoms with Crippen molar-refractivity contribution in [1.82, 2.24) is 14.9 Å². The fourth-order valence-electron chi connectivity index (χ4n) is 2.36. The van der Waals surface area contributed by atoms with Crippen molar-refractivity contribution >= 4 is 27.7 Å². The molecule has 110 valence electrons. The van der Waals surface area contributed by atoms with Gasteiger partial charge in [0.15, 0.2) is 0 Å². The summed E-state index contributed by atoms with van der Waals surface area (Å²) in [4.78, 5) is 21.8. The predicted octanol–water partition coefficient (Wildman–Crippen LogP) is 1.16. The van der Waals surface area contributed by atoms with Crippen molar-refractivity contribution < 1.29 is 4.79 Å². The van der Waals surface area contributed by atoms with Gasteiger partial charge >= 0.3 is 0 Å². The summed E-state index contributed by atoms with van der Waals surface area (Å²) in [5.41, 5.74) is 5.21. The minimum Gasteiger partial charge on any atom is -0.369 e. The van der Waals surface area contributed by atoms with Crippen molar-refractivity contribution in [2.45, 2.75) is 32.2 Å². The molecule has 0 radical (unpaired) electrons. The van der Waals surface area contributed by atoms with Gasteiger partial charge in [-0.05, 0) is 28.8 Å². The molecule has 1 amide bonds. The summed E-state index contributed by atoms with van der Waals surface area (Å²) in [6.07, 6.45) is 2.78. The lowest BCUT2D eigenvalue weighted by atomic mass is 10.1. The lowest BCUT2D eigenvalue weighted by Crippen LogP contribution is -2.43. The molecule has 1 saturated heterocycles. The van der Waals surface area contributed by atoms with Crippen molar-refractivity contribution in [1.29, 1.82) is 0 Å². The molecule has 1 aliphatic heterocycles. The van der Waals surface area contributed by atoms with Crippen LogP contribution in [-0.4, -0.2) is 46.5 Å². The van der Waals surface area contributed by atoms with Crippen LogP contribution < -0.4 is 11.1 Å². The van der Waals surface area contributed by atoms with Crippen LogP contribution in [0, 0.1) is 0 Å². The molecule has 1 aromatic heterocycles. The van der Waals surface area contributed by atoms with Crippen LogP contribution in [0.4, 0.5) is 5.82 Å². The van der Waals surface area contributed by atoms with Crippen LogP contribution in [0.15, 0.2) is 10.7 Å². The maximum atomic E-state index is 10.9. The molecule has 3 N–H and O–H groups in total. The van der Waals surface area contributed by atoms with Crippen LogP contribution in [-0.2, 0) is 11.2 Å². The van der Waals surface area contributed by atoms with Gasteiger partial charge in [0.05, 0.1) is 6.54 Å². The average molecular weight is 342 g/mol. The van der Waals surface area contributed by atoms with Crippen molar-refractivity contribution in [3.05, 3.63) is 16.5 Å². The first kappa shape index (κ1) is 15.2. The maximum absolute atomic E-state index is 10.9. The van der Waals surface area contributed by atoms with E-state index < -0.39 is 0 Å². The number of anilines is 1. The number of nitrogens with one attached hydrogen (secondary N) is 1. The smallest absolute Gasteiger partial charge is 0.231 e. The second kappa shape index (κ2) is 6.99. The molecule has 1 aliphatic rings. The van der Waals surface area contributed by atoms with Gasteiger partial charge in [-0.3, -0.25) is 9.69 Å². The van der Waals surface area contributed by atoms with Crippen molar-refractivity contribution in [3.63, 3.8) is 0 Å². The summed E-state index contributed by atoms with van der Waals surface area (Å²) in [6, 6.07) is 2.28. The van der Waals surface area contributed by atoms with Gasteiger partial charge < -0.3 is 11.1 Å². The average Bonchev–Trinajstić information content (AvgIpc) is 2.39. The third kappa shape index (κ3) is 4.42. The zero-order valence-corrected chi connectivity index (χ0v) is 13.2. The van der Waals surface area contributed by atoms with E-state index in [2.05, 4.69) is 36.1 Å². The van der Waals surface area contributed by atoms with Crippen LogP contribution in [0.1, 0.15) is 25.6 Å². The number of aryl methyl sites for hydroxylation is 1. The highest BCUT2D eigenvalue weighted by atomic mass is 79.9. The summed E-state index contributed by atoms with van der Waals surface area (Å²) in [6.45, 7) is 4.15. The Labute approximate surface area is 127 Å². The van der Waals surface area contributed by atoms with E-state index in [9.17, 15) is 4.79 Å². The third-order valence-electron chi connectivity index (χ3n) is 3.38. The molecule has 0 aromatic carbocycles. The summed E-state index contributed by atoms with van der Waals surface area (Å²) in [5.74, 6) is 1.42. The van der Waals surface area contributed by atoms with E-state index in [4.69, 9.17) is 5.73 Å². The van der Waals surface area contributed by atoms with E-state index >= 15 is 0 Å². The van der Waals surface area contributed by atoms with E-state index in [-0.39, 0.29) is 5.91 Å². The van der Waals surface area contributed by atoms with Crippen molar-refractivity contribution in [3.8, 4) is 0 Å². The number of nitrogens with two attached hydrogens (primary N) is 1. The topological polar surface area (TPSA) is 84.1 Å². The van der Waals surface area contributed by atoms with Gasteiger partial charge in [0.2, 0.25) is 5.91 Å². The number of aromatic nitrogens is 2. The Bertz CT molecular complexity index is 474. The van der Waals surface area contributed by atoms with Crippen LogP contribution in [0.25, 0.3) is 0 Å². The summed E-state index contributed by atoms with van der Waals surface area (Å²) >= 11 is 3.40. The highest BCUT2D eigenvalue weighted by molar-refractivity contribution is 9.10. The number of hydrogen-bond acceptors (Lipinski definition) is 5. The van der Waals surface area contributed by atoms with E-state index in [1.165, 1.54) is 0 Å². The second-order valence-corrected chi connectivity index (χ2v) is 5.82. The quantitative estimate of drug-likeness (QED) is 0.785. The number of hydrogen-bond donors (Lipinski definition) is 2. The minimum absolute atomic E-state index is 0.260. The second-order valence-electron chi connectivity index (χ2n) is 5.01. The Morgan fingerprint density at radius 1 is 1.50 bits per heavy atom. The molecule has 0 bridgehead atoms. The Morgan fingerprint density at radius 3 is 2.80 bits per heavy atom. The van der Waals surface area contributed by atoms with Gasteiger partial charge in [-0.15, -0.1) is 0 Å². The lowest BCUT2D eigenvalue weighted by Gasteiger charge is -2.31. The first-order valence-electron chi connectivity index (χ1n) is 6.87. The number of amides is 1. The largest absolute Gasteiger partial charge is 0.369 e. The van der Waals surface area contributed by atoms with Crippen molar-refractivity contribution in [2.24, 2.45) is 5.73 Å². The summed E-state index contributed by atoms with van der Waals surface area (Å²) in [5, 5.41) is 3.45. The Morgan fingerprint density at radius 2 is 2.20 bits per heavy atom. The Kier molecular flexibility index (Phi) is 5.31. The molecule has 6 nitrogen and oxygen atoms in total. The molecular formula is C13H20BrN5O. The van der Waals surface area contributed by atoms with Crippen molar-refractivity contribution in [2.75, 3.05) is 25.0 Å². The minimum atomic E-state index is -0.260. The molecule has 1 fully saturated rings. The number of nitrogens with zero attached hydrogens (tertiary/aromatic N) is 3. The molecule has 2 rings (SSSR count). The Balaban J connectivity index is 1.89. The van der Waals surface area contributed by atoms with Crippen LogP contribution >= 0.6 is 15.9 Å². The zero-order chi connectivity index (χ0) is 14.5. The number of halogens is 1. The normalized spacial score (nSPS) is 17.1. The fraction of sp³-hybridized carbons (Fsp3) is 0.615. The molecule has 20 heavy (non-hydrogen) atoms. The van der Waals surface area contributed by atoms with Crippen LogP contribution in [0.5, 0.6) is 0 Å². The molecule has 1 aromatic rings. The molecule has 7 heteroatoms. The molecule has 0 aliphatic carbocycles. The first-order chi connectivity index (χ1) is 9.56. The SMILES string of the molecule is CCc1nc(Br)cc(NC2CCN(CC(N)=O)CC2)n1.